The van der Waals surface area contributed by atoms with E-state index in [-0.39, 0.29) is 5.97 Å². The Morgan fingerprint density at radius 2 is 2.18 bits per heavy atom. The molecule has 2 rings (SSSR count). The monoisotopic (exact) mass is 253 g/mol. The molecular formula is C13H16ClNO2. The zero-order valence-electron chi connectivity index (χ0n) is 9.86. The predicted molar refractivity (Wildman–Crippen MR) is 67.0 cm³/mol. The van der Waals surface area contributed by atoms with Crippen LogP contribution < -0.4 is 0 Å². The zero-order valence-corrected chi connectivity index (χ0v) is 10.6. The summed E-state index contributed by atoms with van der Waals surface area (Å²) in [5.74, 6) is -0.147. The van der Waals surface area contributed by atoms with E-state index in [1.165, 1.54) is 12.7 Å². The van der Waals surface area contributed by atoms with Gasteiger partial charge in [-0.1, -0.05) is 23.7 Å². The van der Waals surface area contributed by atoms with E-state index in [0.717, 1.165) is 24.5 Å². The molecule has 0 saturated carbocycles. The summed E-state index contributed by atoms with van der Waals surface area (Å²) >= 11 is 5.86. The van der Waals surface area contributed by atoms with E-state index < -0.39 is 0 Å². The van der Waals surface area contributed by atoms with Crippen LogP contribution in [0.4, 0.5) is 0 Å². The molecule has 3 nitrogen and oxygen atoms in total. The van der Waals surface area contributed by atoms with Crippen molar-refractivity contribution in [2.75, 3.05) is 20.2 Å². The van der Waals surface area contributed by atoms with Gasteiger partial charge in [-0.25, -0.2) is 0 Å². The van der Waals surface area contributed by atoms with Crippen LogP contribution in [0.5, 0.6) is 0 Å². The number of rotatable bonds is 4. The smallest absolute Gasteiger partial charge is 0.306 e. The summed E-state index contributed by atoms with van der Waals surface area (Å²) in [6.07, 6.45) is 1.60. The van der Waals surface area contributed by atoms with E-state index in [1.54, 1.807) is 0 Å². The molecule has 1 heterocycles. The van der Waals surface area contributed by atoms with Gasteiger partial charge in [0.05, 0.1) is 13.5 Å². The molecule has 1 aliphatic rings. The quantitative estimate of drug-likeness (QED) is 0.773. The molecule has 0 N–H and O–H groups in total. The highest BCUT2D eigenvalue weighted by molar-refractivity contribution is 6.30. The maximum Gasteiger partial charge on any atom is 0.306 e. The first-order valence-electron chi connectivity index (χ1n) is 5.77. The van der Waals surface area contributed by atoms with E-state index in [9.17, 15) is 4.79 Å². The SMILES string of the molecule is COC(=O)CCN1CC[C@@H]1c1ccc(Cl)cc1. The lowest BCUT2D eigenvalue weighted by Gasteiger charge is -2.41. The summed E-state index contributed by atoms with van der Waals surface area (Å²) in [5.41, 5.74) is 1.27. The number of hydrogen-bond acceptors (Lipinski definition) is 3. The molecule has 0 bridgehead atoms. The number of methoxy groups -OCH3 is 1. The third-order valence-electron chi connectivity index (χ3n) is 3.22. The van der Waals surface area contributed by atoms with Gasteiger partial charge in [-0.15, -0.1) is 0 Å². The van der Waals surface area contributed by atoms with Gasteiger partial charge < -0.3 is 4.74 Å². The zero-order chi connectivity index (χ0) is 12.3. The van der Waals surface area contributed by atoms with E-state index >= 15 is 0 Å². The predicted octanol–water partition coefficient (Wildman–Crippen LogP) is 2.65. The van der Waals surface area contributed by atoms with Crippen LogP contribution in [0, 0.1) is 0 Å². The van der Waals surface area contributed by atoms with Gasteiger partial charge in [0.15, 0.2) is 0 Å². The topological polar surface area (TPSA) is 29.5 Å². The highest BCUT2D eigenvalue weighted by atomic mass is 35.5. The Bertz CT molecular complexity index is 391. The number of carbonyl (C=O) groups is 1. The maximum absolute atomic E-state index is 11.1. The van der Waals surface area contributed by atoms with E-state index in [4.69, 9.17) is 11.6 Å². The summed E-state index contributed by atoms with van der Waals surface area (Å²) in [4.78, 5) is 13.4. The van der Waals surface area contributed by atoms with Crippen molar-refractivity contribution in [2.45, 2.75) is 18.9 Å². The summed E-state index contributed by atoms with van der Waals surface area (Å²) in [7, 11) is 1.43. The first-order chi connectivity index (χ1) is 8.20. The van der Waals surface area contributed by atoms with Crippen molar-refractivity contribution in [3.05, 3.63) is 34.9 Å². The minimum atomic E-state index is -0.147. The molecular weight excluding hydrogens is 238 g/mol. The van der Waals surface area contributed by atoms with E-state index in [2.05, 4.69) is 21.8 Å². The number of carbonyl (C=O) groups excluding carboxylic acids is 1. The minimum absolute atomic E-state index is 0.147. The molecule has 4 heteroatoms. The van der Waals surface area contributed by atoms with Gasteiger partial charge in [0.2, 0.25) is 0 Å². The third kappa shape index (κ3) is 2.99. The Kier molecular flexibility index (Phi) is 4.02. The fourth-order valence-electron chi connectivity index (χ4n) is 2.11. The van der Waals surface area contributed by atoms with Crippen molar-refractivity contribution in [3.63, 3.8) is 0 Å². The summed E-state index contributed by atoms with van der Waals surface area (Å²) in [6.45, 7) is 1.81. The highest BCUT2D eigenvalue weighted by Gasteiger charge is 2.29. The normalized spacial score (nSPS) is 19.8. The van der Waals surface area contributed by atoms with E-state index in [1.807, 2.05) is 12.1 Å². The second-order valence-electron chi connectivity index (χ2n) is 4.22. The van der Waals surface area contributed by atoms with Gasteiger partial charge >= 0.3 is 5.97 Å². The number of ether oxygens (including phenoxy) is 1. The van der Waals surface area contributed by atoms with Gasteiger partial charge in [0.25, 0.3) is 0 Å². The van der Waals surface area contributed by atoms with Crippen molar-refractivity contribution >= 4 is 17.6 Å². The first-order valence-corrected chi connectivity index (χ1v) is 6.15. The molecule has 0 radical (unpaired) electrons. The largest absolute Gasteiger partial charge is 0.469 e. The lowest BCUT2D eigenvalue weighted by Crippen LogP contribution is -2.42. The lowest BCUT2D eigenvalue weighted by atomic mass is 9.94. The molecule has 0 unspecified atom stereocenters. The standard InChI is InChI=1S/C13H16ClNO2/c1-17-13(16)7-9-15-8-6-12(15)10-2-4-11(14)5-3-10/h2-5,12H,6-9H2,1H3/t12-/m1/s1. The fourth-order valence-corrected chi connectivity index (χ4v) is 2.23. The van der Waals surface area contributed by atoms with Crippen LogP contribution >= 0.6 is 11.6 Å². The molecule has 1 atom stereocenters. The average Bonchev–Trinajstić information content (AvgIpc) is 2.30. The first kappa shape index (κ1) is 12.4. The number of nitrogens with zero attached hydrogens (tertiary/aromatic N) is 1. The molecule has 0 amide bonds. The van der Waals surface area contributed by atoms with Crippen molar-refractivity contribution in [1.29, 1.82) is 0 Å². The van der Waals surface area contributed by atoms with Crippen molar-refractivity contribution < 1.29 is 9.53 Å². The number of halogens is 1. The summed E-state index contributed by atoms with van der Waals surface area (Å²) in [6, 6.07) is 8.35. The maximum atomic E-state index is 11.1. The lowest BCUT2D eigenvalue weighted by molar-refractivity contribution is -0.141. The molecule has 1 fully saturated rings. The molecule has 1 aliphatic heterocycles. The van der Waals surface area contributed by atoms with Crippen molar-refractivity contribution in [2.24, 2.45) is 0 Å². The molecule has 0 aromatic heterocycles. The number of esters is 1. The van der Waals surface area contributed by atoms with Crippen LogP contribution in [-0.2, 0) is 9.53 Å². The van der Waals surface area contributed by atoms with Crippen LogP contribution in [0.15, 0.2) is 24.3 Å². The summed E-state index contributed by atoms with van der Waals surface area (Å²) in [5, 5.41) is 0.759. The van der Waals surface area contributed by atoms with Gasteiger partial charge in [0, 0.05) is 24.2 Å². The van der Waals surface area contributed by atoms with Gasteiger partial charge in [-0.05, 0) is 24.1 Å². The number of likely N-dealkylation sites (tertiary alicyclic amines) is 1. The van der Waals surface area contributed by atoms with Crippen LogP contribution in [0.2, 0.25) is 5.02 Å². The van der Waals surface area contributed by atoms with Gasteiger partial charge in [-0.3, -0.25) is 9.69 Å². The minimum Gasteiger partial charge on any atom is -0.469 e. The van der Waals surface area contributed by atoms with Crippen LogP contribution in [0.25, 0.3) is 0 Å². The number of benzene rings is 1. The van der Waals surface area contributed by atoms with Crippen molar-refractivity contribution in [1.82, 2.24) is 4.90 Å². The highest BCUT2D eigenvalue weighted by Crippen LogP contribution is 2.33. The summed E-state index contributed by atoms with van der Waals surface area (Å²) < 4.78 is 4.64. The molecule has 0 aliphatic carbocycles. The second-order valence-corrected chi connectivity index (χ2v) is 4.65. The third-order valence-corrected chi connectivity index (χ3v) is 3.47. The Labute approximate surface area is 106 Å². The second kappa shape index (κ2) is 5.52. The van der Waals surface area contributed by atoms with Crippen LogP contribution in [0.3, 0.4) is 0 Å². The molecule has 1 saturated heterocycles. The number of hydrogen-bond donors (Lipinski definition) is 0. The van der Waals surface area contributed by atoms with Gasteiger partial charge in [-0.2, -0.15) is 0 Å². The molecule has 17 heavy (non-hydrogen) atoms. The van der Waals surface area contributed by atoms with E-state index in [0.29, 0.717) is 12.5 Å². The molecule has 1 aromatic rings. The Morgan fingerprint density at radius 1 is 1.47 bits per heavy atom. The fraction of sp³-hybridized carbons (Fsp3) is 0.462. The van der Waals surface area contributed by atoms with Gasteiger partial charge in [0.1, 0.15) is 0 Å². The van der Waals surface area contributed by atoms with Crippen LogP contribution in [-0.4, -0.2) is 31.1 Å². The van der Waals surface area contributed by atoms with Crippen LogP contribution in [0.1, 0.15) is 24.4 Å². The Morgan fingerprint density at radius 3 is 2.71 bits per heavy atom. The Hall–Kier alpha value is -1.06. The Balaban J connectivity index is 1.90. The van der Waals surface area contributed by atoms with Crippen molar-refractivity contribution in [3.8, 4) is 0 Å². The molecule has 0 spiro atoms. The molecule has 92 valence electrons. The molecule has 1 aromatic carbocycles. The average molecular weight is 254 g/mol.